The number of nitrogens with zero attached hydrogens (tertiary/aromatic N) is 1. The van der Waals surface area contributed by atoms with Gasteiger partial charge in [0.15, 0.2) is 0 Å². The summed E-state index contributed by atoms with van der Waals surface area (Å²) in [6.45, 7) is 0.403. The molecule has 0 spiro atoms. The first-order chi connectivity index (χ1) is 10.7. The van der Waals surface area contributed by atoms with Gasteiger partial charge in [0.05, 0.1) is 11.1 Å². The Labute approximate surface area is 128 Å². The zero-order valence-electron chi connectivity index (χ0n) is 12.3. The monoisotopic (exact) mass is 296 g/mol. The summed E-state index contributed by atoms with van der Waals surface area (Å²) in [5, 5.41) is 3.90. The second kappa shape index (κ2) is 6.02. The van der Waals surface area contributed by atoms with Crippen molar-refractivity contribution >= 4 is 16.8 Å². The summed E-state index contributed by atoms with van der Waals surface area (Å²) < 4.78 is 15.5. The van der Waals surface area contributed by atoms with Gasteiger partial charge in [-0.15, -0.1) is 0 Å². The zero-order valence-corrected chi connectivity index (χ0v) is 12.3. The fourth-order valence-electron chi connectivity index (χ4n) is 2.65. The molecule has 1 amide bonds. The number of nitrogens with one attached hydrogen (secondary N) is 1. The molecular weight excluding hydrogens is 279 g/mol. The molecule has 0 atom stereocenters. The highest BCUT2D eigenvalue weighted by Gasteiger charge is 2.12. The van der Waals surface area contributed by atoms with Crippen molar-refractivity contribution in [3.05, 3.63) is 71.7 Å². The van der Waals surface area contributed by atoms with E-state index in [4.69, 9.17) is 0 Å². The molecule has 3 aromatic rings. The summed E-state index contributed by atoms with van der Waals surface area (Å²) in [6, 6.07) is 14.3. The van der Waals surface area contributed by atoms with E-state index in [-0.39, 0.29) is 11.7 Å². The van der Waals surface area contributed by atoms with Crippen molar-refractivity contribution in [2.45, 2.75) is 6.42 Å². The third kappa shape index (κ3) is 2.72. The molecule has 0 aliphatic carbocycles. The number of fused-ring (bicyclic) bond motifs is 1. The van der Waals surface area contributed by atoms with Gasteiger partial charge >= 0.3 is 0 Å². The average molecular weight is 296 g/mol. The van der Waals surface area contributed by atoms with E-state index in [0.29, 0.717) is 24.1 Å². The lowest BCUT2D eigenvalue weighted by Crippen LogP contribution is -2.26. The number of aromatic nitrogens is 1. The van der Waals surface area contributed by atoms with Crippen molar-refractivity contribution in [3.8, 4) is 0 Å². The van der Waals surface area contributed by atoms with Crippen LogP contribution in [-0.4, -0.2) is 17.0 Å². The molecule has 0 aliphatic heterocycles. The molecule has 1 heterocycles. The minimum Gasteiger partial charge on any atom is -0.352 e. The standard InChI is InChI=1S/C18H17FN2O/c1-21-12-10-14-6-4-7-15(17(14)21)18(22)20-11-9-13-5-2-3-8-16(13)19/h2-8,10,12H,9,11H2,1H3,(H,20,22). The number of para-hydroxylation sites is 1. The second-order valence-corrected chi connectivity index (χ2v) is 5.27. The summed E-state index contributed by atoms with van der Waals surface area (Å²) in [6.07, 6.45) is 2.41. The Balaban J connectivity index is 1.72. The van der Waals surface area contributed by atoms with Crippen LogP contribution in [0.2, 0.25) is 0 Å². The molecule has 22 heavy (non-hydrogen) atoms. The fourth-order valence-corrected chi connectivity index (χ4v) is 2.65. The highest BCUT2D eigenvalue weighted by molar-refractivity contribution is 6.05. The average Bonchev–Trinajstić information content (AvgIpc) is 2.91. The normalized spacial score (nSPS) is 10.8. The Morgan fingerprint density at radius 3 is 2.77 bits per heavy atom. The number of amides is 1. The van der Waals surface area contributed by atoms with Gasteiger partial charge in [-0.2, -0.15) is 0 Å². The Hall–Kier alpha value is -2.62. The van der Waals surface area contributed by atoms with Crippen LogP contribution in [0.3, 0.4) is 0 Å². The number of carbonyl (C=O) groups excluding carboxylic acids is 1. The van der Waals surface area contributed by atoms with Gasteiger partial charge in [0.2, 0.25) is 0 Å². The third-order valence-electron chi connectivity index (χ3n) is 3.78. The van der Waals surface area contributed by atoms with Gasteiger partial charge in [-0.25, -0.2) is 4.39 Å². The van der Waals surface area contributed by atoms with Crippen LogP contribution in [0.15, 0.2) is 54.7 Å². The van der Waals surface area contributed by atoms with Gasteiger partial charge in [0.1, 0.15) is 5.82 Å². The van der Waals surface area contributed by atoms with Crippen molar-refractivity contribution in [2.24, 2.45) is 7.05 Å². The van der Waals surface area contributed by atoms with E-state index in [1.807, 2.05) is 36.0 Å². The molecule has 0 unspecified atom stereocenters. The molecule has 0 bridgehead atoms. The molecule has 112 valence electrons. The number of aryl methyl sites for hydroxylation is 1. The largest absolute Gasteiger partial charge is 0.352 e. The van der Waals surface area contributed by atoms with Gasteiger partial charge in [0, 0.05) is 25.2 Å². The van der Waals surface area contributed by atoms with Gasteiger partial charge in [-0.3, -0.25) is 4.79 Å². The molecule has 0 fully saturated rings. The Morgan fingerprint density at radius 2 is 1.95 bits per heavy atom. The van der Waals surface area contributed by atoms with Crippen LogP contribution in [0.25, 0.3) is 10.9 Å². The van der Waals surface area contributed by atoms with Crippen LogP contribution in [-0.2, 0) is 13.5 Å². The van der Waals surface area contributed by atoms with Gasteiger partial charge < -0.3 is 9.88 Å². The van der Waals surface area contributed by atoms with Crippen LogP contribution in [0.4, 0.5) is 4.39 Å². The molecule has 4 heteroatoms. The van der Waals surface area contributed by atoms with Crippen LogP contribution in [0.1, 0.15) is 15.9 Å². The summed E-state index contributed by atoms with van der Waals surface area (Å²) in [5.41, 5.74) is 2.16. The molecule has 3 nitrogen and oxygen atoms in total. The van der Waals surface area contributed by atoms with Crippen molar-refractivity contribution < 1.29 is 9.18 Å². The molecule has 3 rings (SSSR count). The zero-order chi connectivity index (χ0) is 15.5. The number of hydrogen-bond acceptors (Lipinski definition) is 1. The molecule has 2 aromatic carbocycles. The molecular formula is C18H17FN2O. The van der Waals surface area contributed by atoms with E-state index in [0.717, 1.165) is 10.9 Å². The second-order valence-electron chi connectivity index (χ2n) is 5.27. The highest BCUT2D eigenvalue weighted by atomic mass is 19.1. The fraction of sp³-hybridized carbons (Fsp3) is 0.167. The quantitative estimate of drug-likeness (QED) is 0.787. The lowest BCUT2D eigenvalue weighted by atomic mass is 10.1. The first-order valence-electron chi connectivity index (χ1n) is 7.22. The summed E-state index contributed by atoms with van der Waals surface area (Å²) >= 11 is 0. The Bertz CT molecular complexity index is 823. The molecule has 1 N–H and O–H groups in total. The molecule has 0 saturated heterocycles. The van der Waals surface area contributed by atoms with Crippen molar-refractivity contribution in [1.29, 1.82) is 0 Å². The van der Waals surface area contributed by atoms with Crippen LogP contribution in [0.5, 0.6) is 0 Å². The maximum atomic E-state index is 13.5. The topological polar surface area (TPSA) is 34.0 Å². The predicted molar refractivity (Wildman–Crippen MR) is 85.4 cm³/mol. The highest BCUT2D eigenvalue weighted by Crippen LogP contribution is 2.19. The number of hydrogen-bond donors (Lipinski definition) is 1. The first-order valence-corrected chi connectivity index (χ1v) is 7.22. The minimum atomic E-state index is -0.235. The number of rotatable bonds is 4. The van der Waals surface area contributed by atoms with Gasteiger partial charge in [-0.05, 0) is 30.2 Å². The van der Waals surface area contributed by atoms with E-state index in [2.05, 4.69) is 5.32 Å². The van der Waals surface area contributed by atoms with Gasteiger partial charge in [0.25, 0.3) is 5.91 Å². The van der Waals surface area contributed by atoms with Crippen LogP contribution >= 0.6 is 0 Å². The van der Waals surface area contributed by atoms with Crippen LogP contribution < -0.4 is 5.32 Å². The lowest BCUT2D eigenvalue weighted by Gasteiger charge is -2.08. The van der Waals surface area contributed by atoms with E-state index in [9.17, 15) is 9.18 Å². The van der Waals surface area contributed by atoms with E-state index in [1.54, 1.807) is 24.3 Å². The first kappa shape index (κ1) is 14.3. The Morgan fingerprint density at radius 1 is 1.14 bits per heavy atom. The predicted octanol–water partition coefficient (Wildman–Crippen LogP) is 3.29. The molecule has 0 radical (unpaired) electrons. The number of benzene rings is 2. The van der Waals surface area contributed by atoms with E-state index >= 15 is 0 Å². The van der Waals surface area contributed by atoms with Crippen molar-refractivity contribution in [3.63, 3.8) is 0 Å². The summed E-state index contributed by atoms with van der Waals surface area (Å²) in [7, 11) is 1.92. The number of carbonyl (C=O) groups is 1. The van der Waals surface area contributed by atoms with Crippen molar-refractivity contribution in [1.82, 2.24) is 9.88 Å². The lowest BCUT2D eigenvalue weighted by molar-refractivity contribution is 0.0955. The van der Waals surface area contributed by atoms with Gasteiger partial charge in [-0.1, -0.05) is 30.3 Å². The molecule has 0 aliphatic rings. The molecule has 0 saturated carbocycles. The summed E-state index contributed by atoms with van der Waals surface area (Å²) in [4.78, 5) is 12.4. The van der Waals surface area contributed by atoms with E-state index < -0.39 is 0 Å². The maximum absolute atomic E-state index is 13.5. The minimum absolute atomic E-state index is 0.135. The van der Waals surface area contributed by atoms with Crippen molar-refractivity contribution in [2.75, 3.05) is 6.54 Å². The van der Waals surface area contributed by atoms with Crippen LogP contribution in [0, 0.1) is 5.82 Å². The van der Waals surface area contributed by atoms with E-state index in [1.165, 1.54) is 6.07 Å². The Kier molecular flexibility index (Phi) is 3.92. The SMILES string of the molecule is Cn1ccc2cccc(C(=O)NCCc3ccccc3F)c21. The third-order valence-corrected chi connectivity index (χ3v) is 3.78. The molecule has 1 aromatic heterocycles. The number of halogens is 1. The summed E-state index contributed by atoms with van der Waals surface area (Å²) in [5.74, 6) is -0.370. The smallest absolute Gasteiger partial charge is 0.253 e. The maximum Gasteiger partial charge on any atom is 0.253 e.